The van der Waals surface area contributed by atoms with Crippen LogP contribution in [0.4, 0.5) is 4.39 Å². The highest BCUT2D eigenvalue weighted by Crippen LogP contribution is 2.10. The number of benzene rings is 1. The molecule has 1 fully saturated rings. The predicted molar refractivity (Wildman–Crippen MR) is 76.5 cm³/mol. The monoisotopic (exact) mass is 280 g/mol. The number of carbonyl (C=O) groups is 1. The number of nitrogens with one attached hydrogen (secondary N) is 1. The van der Waals surface area contributed by atoms with Crippen LogP contribution in [0.1, 0.15) is 36.0 Å². The van der Waals surface area contributed by atoms with E-state index in [1.165, 1.54) is 31.0 Å². The quantitative estimate of drug-likeness (QED) is 0.803. The smallest absolute Gasteiger partial charge is 0.257 e. The number of halogens is 1. The third kappa shape index (κ3) is 3.99. The van der Waals surface area contributed by atoms with Crippen molar-refractivity contribution in [2.75, 3.05) is 13.1 Å². The van der Waals surface area contributed by atoms with Crippen LogP contribution in [0.15, 0.2) is 24.3 Å². The van der Waals surface area contributed by atoms with Gasteiger partial charge in [-0.25, -0.2) is 4.39 Å². The molecule has 0 unspecified atom stereocenters. The summed E-state index contributed by atoms with van der Waals surface area (Å²) in [6, 6.07) is 5.60. The van der Waals surface area contributed by atoms with E-state index in [4.69, 9.17) is 12.2 Å². The highest BCUT2D eigenvalue weighted by Gasteiger charge is 2.15. The number of rotatable bonds is 1. The third-order valence-corrected chi connectivity index (χ3v) is 3.56. The molecule has 0 aromatic heterocycles. The Balaban J connectivity index is 1.96. The highest BCUT2D eigenvalue weighted by atomic mass is 32.1. The topological polar surface area (TPSA) is 32.3 Å². The molecule has 1 amide bonds. The van der Waals surface area contributed by atoms with E-state index in [0.717, 1.165) is 25.9 Å². The molecule has 5 heteroatoms. The van der Waals surface area contributed by atoms with Crippen LogP contribution in [0.5, 0.6) is 0 Å². The molecule has 0 radical (unpaired) electrons. The Labute approximate surface area is 117 Å². The van der Waals surface area contributed by atoms with E-state index in [0.29, 0.717) is 5.11 Å². The summed E-state index contributed by atoms with van der Waals surface area (Å²) < 4.78 is 13.1. The number of likely N-dealkylation sites (tertiary alicyclic amines) is 1. The second-order valence-electron chi connectivity index (χ2n) is 4.67. The molecule has 1 heterocycles. The van der Waals surface area contributed by atoms with E-state index in [1.807, 2.05) is 4.90 Å². The first kappa shape index (κ1) is 13.9. The lowest BCUT2D eigenvalue weighted by Gasteiger charge is -2.23. The number of nitrogens with zero attached hydrogens (tertiary/aromatic N) is 1. The second kappa shape index (κ2) is 6.61. The summed E-state index contributed by atoms with van der Waals surface area (Å²) in [7, 11) is 0. The van der Waals surface area contributed by atoms with Gasteiger partial charge in [0.05, 0.1) is 0 Å². The predicted octanol–water partition coefficient (Wildman–Crippen LogP) is 2.72. The molecule has 1 N–H and O–H groups in total. The number of hydrogen-bond donors (Lipinski definition) is 1. The van der Waals surface area contributed by atoms with Crippen molar-refractivity contribution >= 4 is 23.2 Å². The first-order chi connectivity index (χ1) is 9.16. The van der Waals surface area contributed by atoms with Crippen LogP contribution in [-0.4, -0.2) is 29.0 Å². The van der Waals surface area contributed by atoms with E-state index in [2.05, 4.69) is 5.32 Å². The van der Waals surface area contributed by atoms with Crippen LogP contribution >= 0.6 is 12.2 Å². The summed E-state index contributed by atoms with van der Waals surface area (Å²) in [5, 5.41) is 3.11. The summed E-state index contributed by atoms with van der Waals surface area (Å²) >= 11 is 5.24. The van der Waals surface area contributed by atoms with Gasteiger partial charge in [-0.15, -0.1) is 0 Å². The maximum Gasteiger partial charge on any atom is 0.257 e. The Morgan fingerprint density at radius 3 is 2.53 bits per heavy atom. The fourth-order valence-corrected chi connectivity index (χ4v) is 2.43. The lowest BCUT2D eigenvalue weighted by molar-refractivity contribution is 0.0973. The summed E-state index contributed by atoms with van der Waals surface area (Å²) in [4.78, 5) is 14.0. The van der Waals surface area contributed by atoms with Crippen molar-refractivity contribution in [3.05, 3.63) is 35.6 Å². The zero-order chi connectivity index (χ0) is 13.7. The molecule has 0 atom stereocenters. The molecule has 0 spiro atoms. The Bertz CT molecular complexity index is 470. The number of hydrogen-bond acceptors (Lipinski definition) is 2. The molecule has 19 heavy (non-hydrogen) atoms. The first-order valence-corrected chi connectivity index (χ1v) is 6.93. The van der Waals surface area contributed by atoms with Gasteiger partial charge in [-0.3, -0.25) is 10.1 Å². The number of thiocarbonyl (C=S) groups is 1. The fourth-order valence-electron chi connectivity index (χ4n) is 2.15. The van der Waals surface area contributed by atoms with E-state index >= 15 is 0 Å². The largest absolute Gasteiger partial charge is 0.349 e. The highest BCUT2D eigenvalue weighted by molar-refractivity contribution is 7.80. The van der Waals surface area contributed by atoms with Gasteiger partial charge >= 0.3 is 0 Å². The number of carbonyl (C=O) groups excluding carboxylic acids is 1. The van der Waals surface area contributed by atoms with Crippen LogP contribution in [0.3, 0.4) is 0 Å². The van der Waals surface area contributed by atoms with Crippen LogP contribution in [0.25, 0.3) is 0 Å². The Hall–Kier alpha value is -1.49. The molecule has 102 valence electrons. The van der Waals surface area contributed by atoms with Gasteiger partial charge < -0.3 is 4.90 Å². The van der Waals surface area contributed by atoms with Crippen LogP contribution in [0.2, 0.25) is 0 Å². The molecule has 0 saturated carbocycles. The third-order valence-electron chi connectivity index (χ3n) is 3.20. The molecule has 1 saturated heterocycles. The summed E-state index contributed by atoms with van der Waals surface area (Å²) in [6.07, 6.45) is 4.60. The normalized spacial score (nSPS) is 15.7. The Kier molecular flexibility index (Phi) is 4.85. The van der Waals surface area contributed by atoms with Gasteiger partial charge in [-0.05, 0) is 43.3 Å². The van der Waals surface area contributed by atoms with Crippen molar-refractivity contribution in [2.24, 2.45) is 0 Å². The van der Waals surface area contributed by atoms with E-state index in [9.17, 15) is 9.18 Å². The summed E-state index contributed by atoms with van der Waals surface area (Å²) in [6.45, 7) is 1.75. The van der Waals surface area contributed by atoms with E-state index in [1.54, 1.807) is 6.07 Å². The summed E-state index contributed by atoms with van der Waals surface area (Å²) in [5.41, 5.74) is 0.289. The maximum atomic E-state index is 13.1. The average molecular weight is 280 g/mol. The van der Waals surface area contributed by atoms with Crippen molar-refractivity contribution in [1.82, 2.24) is 10.2 Å². The summed E-state index contributed by atoms with van der Waals surface area (Å²) in [5.74, 6) is -0.776. The molecule has 2 rings (SSSR count). The molecule has 1 aliphatic heterocycles. The lowest BCUT2D eigenvalue weighted by Crippen LogP contribution is -2.43. The standard InChI is InChI=1S/C14H17FN2OS/c15-12-7-5-6-11(10-12)13(18)16-14(19)17-8-3-1-2-4-9-17/h5-7,10H,1-4,8-9H2,(H,16,18,19). The van der Waals surface area contributed by atoms with Gasteiger partial charge in [-0.1, -0.05) is 18.9 Å². The Morgan fingerprint density at radius 1 is 1.21 bits per heavy atom. The molecule has 3 nitrogen and oxygen atoms in total. The van der Waals surface area contributed by atoms with Crippen LogP contribution < -0.4 is 5.32 Å². The van der Waals surface area contributed by atoms with Crippen molar-refractivity contribution in [3.8, 4) is 0 Å². The minimum Gasteiger partial charge on any atom is -0.349 e. The van der Waals surface area contributed by atoms with E-state index in [-0.39, 0.29) is 11.5 Å². The SMILES string of the molecule is O=C(NC(=S)N1CCCCCC1)c1cccc(F)c1. The first-order valence-electron chi connectivity index (χ1n) is 6.52. The van der Waals surface area contributed by atoms with Gasteiger partial charge in [0.2, 0.25) is 0 Å². The zero-order valence-corrected chi connectivity index (χ0v) is 11.5. The van der Waals surface area contributed by atoms with Crippen molar-refractivity contribution < 1.29 is 9.18 Å². The molecule has 1 aromatic carbocycles. The van der Waals surface area contributed by atoms with Crippen LogP contribution in [0, 0.1) is 5.82 Å². The van der Waals surface area contributed by atoms with Gasteiger partial charge in [0.25, 0.3) is 5.91 Å². The van der Waals surface area contributed by atoms with Crippen LogP contribution in [-0.2, 0) is 0 Å². The average Bonchev–Trinajstić information content (AvgIpc) is 2.67. The van der Waals surface area contributed by atoms with Gasteiger partial charge in [0.1, 0.15) is 5.82 Å². The van der Waals surface area contributed by atoms with Gasteiger partial charge in [-0.2, -0.15) is 0 Å². The second-order valence-corrected chi connectivity index (χ2v) is 5.06. The minimum atomic E-state index is -0.423. The molecule has 0 aliphatic carbocycles. The van der Waals surface area contributed by atoms with Gasteiger partial charge in [0.15, 0.2) is 5.11 Å². The Morgan fingerprint density at radius 2 is 1.89 bits per heavy atom. The van der Waals surface area contributed by atoms with Gasteiger partial charge in [0, 0.05) is 18.7 Å². The molecular formula is C14H17FN2OS. The van der Waals surface area contributed by atoms with Crippen molar-refractivity contribution in [2.45, 2.75) is 25.7 Å². The van der Waals surface area contributed by atoms with E-state index < -0.39 is 5.82 Å². The minimum absolute atomic E-state index is 0.289. The lowest BCUT2D eigenvalue weighted by atomic mass is 10.2. The molecule has 1 aliphatic rings. The molecule has 1 aromatic rings. The molecule has 0 bridgehead atoms. The van der Waals surface area contributed by atoms with Crippen molar-refractivity contribution in [1.29, 1.82) is 0 Å². The van der Waals surface area contributed by atoms with Crippen molar-refractivity contribution in [3.63, 3.8) is 0 Å². The zero-order valence-electron chi connectivity index (χ0n) is 10.7. The molecular weight excluding hydrogens is 263 g/mol. The maximum absolute atomic E-state index is 13.1. The fraction of sp³-hybridized carbons (Fsp3) is 0.429. The number of amides is 1.